The van der Waals surface area contributed by atoms with Crippen molar-refractivity contribution in [1.29, 1.82) is 0 Å². The Morgan fingerprint density at radius 3 is 2.55 bits per heavy atom. The van der Waals surface area contributed by atoms with Crippen LogP contribution in [0.15, 0.2) is 64.8 Å². The van der Waals surface area contributed by atoms with Gasteiger partial charge in [0.05, 0.1) is 43.8 Å². The summed E-state index contributed by atoms with van der Waals surface area (Å²) in [6, 6.07) is 16.4. The van der Waals surface area contributed by atoms with Crippen molar-refractivity contribution in [3.8, 4) is 11.1 Å². The molecule has 1 saturated carbocycles. The zero-order valence-corrected chi connectivity index (χ0v) is 27.1. The van der Waals surface area contributed by atoms with Crippen molar-refractivity contribution in [2.45, 2.75) is 70.4 Å². The van der Waals surface area contributed by atoms with E-state index in [1.807, 2.05) is 27.3 Å². The van der Waals surface area contributed by atoms with Crippen molar-refractivity contribution in [3.05, 3.63) is 87.6 Å². The highest BCUT2D eigenvalue weighted by Gasteiger charge is 2.29. The lowest BCUT2D eigenvalue weighted by Gasteiger charge is -2.31. The average molecular weight is 638 g/mol. The summed E-state index contributed by atoms with van der Waals surface area (Å²) in [4.78, 5) is 33.7. The molecule has 1 aliphatic carbocycles. The molecule has 4 aromatic rings. The number of hydrazone groups is 1. The first-order valence-corrected chi connectivity index (χ1v) is 17.0. The van der Waals surface area contributed by atoms with Gasteiger partial charge in [0, 0.05) is 43.2 Å². The Morgan fingerprint density at radius 1 is 1.00 bits per heavy atom. The third kappa shape index (κ3) is 6.79. The van der Waals surface area contributed by atoms with E-state index in [-0.39, 0.29) is 30.0 Å². The summed E-state index contributed by atoms with van der Waals surface area (Å²) in [5.41, 5.74) is 8.91. The van der Waals surface area contributed by atoms with Crippen molar-refractivity contribution in [1.82, 2.24) is 29.5 Å². The van der Waals surface area contributed by atoms with Crippen LogP contribution in [0.5, 0.6) is 0 Å². The molecule has 11 nitrogen and oxygen atoms in total. The Morgan fingerprint density at radius 2 is 1.81 bits per heavy atom. The van der Waals surface area contributed by atoms with E-state index in [1.165, 1.54) is 0 Å². The van der Waals surface area contributed by atoms with Gasteiger partial charge in [-0.2, -0.15) is 15.2 Å². The maximum atomic E-state index is 14.5. The normalized spacial score (nSPS) is 20.4. The molecule has 2 fully saturated rings. The second kappa shape index (κ2) is 14.3. The third-order valence-corrected chi connectivity index (χ3v) is 9.69. The average Bonchev–Trinajstić information content (AvgIpc) is 3.77. The SMILES string of the molecule is CCCc1c(Cc2ccc(-c3ccccc3)c(C3=NNC(=O)C3)c2)c(=O)n(C2CCC(OCCN3CCOCC3)CC2)c2ncnn12. The van der Waals surface area contributed by atoms with Crippen molar-refractivity contribution in [2.75, 3.05) is 39.5 Å². The number of benzene rings is 2. The molecule has 4 heterocycles. The zero-order valence-electron chi connectivity index (χ0n) is 27.1. The number of morpholine rings is 1. The van der Waals surface area contributed by atoms with E-state index >= 15 is 0 Å². The highest BCUT2D eigenvalue weighted by molar-refractivity contribution is 6.16. The molecule has 0 spiro atoms. The second-order valence-corrected chi connectivity index (χ2v) is 12.8. The minimum atomic E-state index is -0.119. The fourth-order valence-corrected chi connectivity index (χ4v) is 7.25. The molecule has 0 bridgehead atoms. The molecule has 2 aromatic heterocycles. The van der Waals surface area contributed by atoms with Crippen LogP contribution in [0.25, 0.3) is 16.9 Å². The van der Waals surface area contributed by atoms with Crippen molar-refractivity contribution in [3.63, 3.8) is 0 Å². The minimum Gasteiger partial charge on any atom is -0.379 e. The lowest BCUT2D eigenvalue weighted by atomic mass is 9.91. The minimum absolute atomic E-state index is 0.00868. The van der Waals surface area contributed by atoms with E-state index in [2.05, 4.69) is 62.8 Å². The van der Waals surface area contributed by atoms with Crippen LogP contribution in [-0.2, 0) is 27.1 Å². The summed E-state index contributed by atoms with van der Waals surface area (Å²) in [6.07, 6.45) is 7.55. The number of aryl methyl sites for hydroxylation is 1. The molecule has 1 amide bonds. The summed E-state index contributed by atoms with van der Waals surface area (Å²) in [5, 5.41) is 8.98. The van der Waals surface area contributed by atoms with Gasteiger partial charge in [-0.1, -0.05) is 55.8 Å². The van der Waals surface area contributed by atoms with Crippen LogP contribution in [0.2, 0.25) is 0 Å². The van der Waals surface area contributed by atoms with E-state index in [4.69, 9.17) is 9.47 Å². The fraction of sp³-hybridized carbons (Fsp3) is 0.472. The Labute approximate surface area is 274 Å². The van der Waals surface area contributed by atoms with Gasteiger partial charge >= 0.3 is 0 Å². The fourth-order valence-electron chi connectivity index (χ4n) is 7.25. The molecule has 1 N–H and O–H groups in total. The van der Waals surface area contributed by atoms with Gasteiger partial charge in [0.1, 0.15) is 6.33 Å². The summed E-state index contributed by atoms with van der Waals surface area (Å²) in [6.45, 7) is 7.30. The van der Waals surface area contributed by atoms with Gasteiger partial charge in [-0.15, -0.1) is 0 Å². The van der Waals surface area contributed by atoms with Crippen molar-refractivity contribution < 1.29 is 14.3 Å². The number of nitrogens with zero attached hydrogens (tertiary/aromatic N) is 6. The van der Waals surface area contributed by atoms with Gasteiger partial charge in [0.25, 0.3) is 5.56 Å². The smallest absolute Gasteiger partial charge is 0.259 e. The summed E-state index contributed by atoms with van der Waals surface area (Å²) >= 11 is 0. The van der Waals surface area contributed by atoms with Crippen LogP contribution >= 0.6 is 0 Å². The molecule has 11 heteroatoms. The molecule has 2 aromatic carbocycles. The van der Waals surface area contributed by atoms with Crippen molar-refractivity contribution in [2.24, 2.45) is 5.10 Å². The number of ether oxygens (including phenoxy) is 2. The number of rotatable bonds is 11. The van der Waals surface area contributed by atoms with Crippen LogP contribution in [0.4, 0.5) is 0 Å². The highest BCUT2D eigenvalue weighted by Crippen LogP contribution is 2.32. The Bertz CT molecular complexity index is 1800. The van der Waals surface area contributed by atoms with Gasteiger partial charge in [0.15, 0.2) is 0 Å². The molecule has 1 saturated heterocycles. The number of amides is 1. The molecule has 246 valence electrons. The quantitative estimate of drug-likeness (QED) is 0.263. The summed E-state index contributed by atoms with van der Waals surface area (Å²) in [7, 11) is 0. The molecule has 3 aliphatic rings. The third-order valence-electron chi connectivity index (χ3n) is 9.69. The number of carbonyl (C=O) groups excluding carboxylic acids is 1. The number of hydrogen-bond acceptors (Lipinski definition) is 8. The monoisotopic (exact) mass is 637 g/mol. The van der Waals surface area contributed by atoms with Gasteiger partial charge in [-0.25, -0.2) is 9.94 Å². The van der Waals surface area contributed by atoms with Crippen LogP contribution < -0.4 is 11.0 Å². The predicted molar refractivity (Wildman–Crippen MR) is 180 cm³/mol. The molecule has 47 heavy (non-hydrogen) atoms. The maximum absolute atomic E-state index is 14.5. The molecule has 0 unspecified atom stereocenters. The number of carbonyl (C=O) groups is 1. The lowest BCUT2D eigenvalue weighted by Crippen LogP contribution is -2.39. The predicted octanol–water partition coefficient (Wildman–Crippen LogP) is 4.16. The molecular weight excluding hydrogens is 594 g/mol. The van der Waals surface area contributed by atoms with Crippen LogP contribution in [0.1, 0.15) is 73.9 Å². The van der Waals surface area contributed by atoms with Gasteiger partial charge < -0.3 is 9.47 Å². The van der Waals surface area contributed by atoms with E-state index in [9.17, 15) is 9.59 Å². The van der Waals surface area contributed by atoms with Gasteiger partial charge in [-0.3, -0.25) is 19.1 Å². The summed E-state index contributed by atoms with van der Waals surface area (Å²) < 4.78 is 15.5. The number of nitrogens with one attached hydrogen (secondary N) is 1. The molecule has 0 radical (unpaired) electrons. The number of fused-ring (bicyclic) bond motifs is 1. The molecule has 2 aliphatic heterocycles. The topological polar surface area (TPSA) is 115 Å². The van der Waals surface area contributed by atoms with Crippen LogP contribution in [0.3, 0.4) is 0 Å². The first kappa shape index (κ1) is 31.4. The Hall–Kier alpha value is -4.19. The summed E-state index contributed by atoms with van der Waals surface area (Å²) in [5.74, 6) is 0.496. The molecule has 0 atom stereocenters. The van der Waals surface area contributed by atoms with Gasteiger partial charge in [-0.05, 0) is 54.9 Å². The first-order valence-electron chi connectivity index (χ1n) is 17.0. The largest absolute Gasteiger partial charge is 0.379 e. The molecular formula is C36H43N7O4. The van der Waals surface area contributed by atoms with E-state index in [0.29, 0.717) is 17.9 Å². The zero-order chi connectivity index (χ0) is 32.2. The van der Waals surface area contributed by atoms with E-state index in [0.717, 1.165) is 111 Å². The second-order valence-electron chi connectivity index (χ2n) is 12.8. The molecule has 7 rings (SSSR count). The number of hydrogen-bond donors (Lipinski definition) is 1. The maximum Gasteiger partial charge on any atom is 0.259 e. The van der Waals surface area contributed by atoms with E-state index in [1.54, 1.807) is 6.33 Å². The van der Waals surface area contributed by atoms with Crippen LogP contribution in [-0.4, -0.2) is 81.2 Å². The van der Waals surface area contributed by atoms with Crippen LogP contribution in [0, 0.1) is 0 Å². The first-order chi connectivity index (χ1) is 23.1. The van der Waals surface area contributed by atoms with Crippen molar-refractivity contribution >= 4 is 17.4 Å². The Balaban J connectivity index is 1.17. The Kier molecular flexibility index (Phi) is 9.55. The highest BCUT2D eigenvalue weighted by atomic mass is 16.5. The van der Waals surface area contributed by atoms with E-state index < -0.39 is 0 Å². The number of aromatic nitrogens is 4. The van der Waals surface area contributed by atoms with Gasteiger partial charge in [0.2, 0.25) is 11.7 Å². The lowest BCUT2D eigenvalue weighted by molar-refractivity contribution is -0.119. The standard InChI is InChI=1S/C36H43N7O4/c1-2-6-33-31(22-25-9-14-29(26-7-4-3-5-8-26)30(21-25)32-23-34(44)40-39-32)35(45)42(36-37-24-38-43(33)36)27-10-12-28(13-11-27)47-20-17-41-15-18-46-19-16-41/h3-5,7-9,14,21,24,27-28H,2,6,10-13,15-20,22-23H2,1H3,(H,40,44).